The van der Waals surface area contributed by atoms with Gasteiger partial charge < -0.3 is 5.48 Å². The van der Waals surface area contributed by atoms with Crippen molar-refractivity contribution in [2.24, 2.45) is 0 Å². The maximum absolute atomic E-state index is 0. The van der Waals surface area contributed by atoms with Crippen molar-refractivity contribution in [1.82, 2.24) is 0 Å². The molecular weight excluding hydrogens is 301 g/mol. The summed E-state index contributed by atoms with van der Waals surface area (Å²) in [4.78, 5) is 0. The van der Waals surface area contributed by atoms with Crippen LogP contribution in [0.3, 0.4) is 0 Å². The monoisotopic (exact) mass is 303 g/mol. The minimum absolute atomic E-state index is 0. The molecule has 0 aromatic carbocycles. The van der Waals surface area contributed by atoms with E-state index >= 15 is 0 Å². The predicted molar refractivity (Wildman–Crippen MR) is 16.4 cm³/mol. The fourth-order valence-corrected chi connectivity index (χ4v) is 0. The van der Waals surface area contributed by atoms with E-state index < -0.39 is 0 Å². The Labute approximate surface area is 59.3 Å². The van der Waals surface area contributed by atoms with Gasteiger partial charge in [-0.25, -0.2) is 0 Å². The maximum atomic E-state index is 0. The molecule has 0 rings (SSSR count). The molecule has 0 aliphatic rings. The Hall–Kier alpha value is 1.53. The summed E-state index contributed by atoms with van der Waals surface area (Å²) in [5.41, 5.74) is 0. The van der Waals surface area contributed by atoms with Crippen molar-refractivity contribution in [1.29, 1.82) is 0 Å². The normalized spacial score (nSPS) is 0. The van der Waals surface area contributed by atoms with Gasteiger partial charge in [0.2, 0.25) is 0 Å². The minimum Gasteiger partial charge on any atom is -2.00 e. The quantitative estimate of drug-likeness (QED) is 0.478. The van der Waals surface area contributed by atoms with Crippen molar-refractivity contribution in [3.63, 3.8) is 0 Å². The van der Waals surface area contributed by atoms with Crippen molar-refractivity contribution >= 4 is 34.6 Å². The van der Waals surface area contributed by atoms with E-state index in [-0.39, 0.29) is 59.6 Å². The Bertz CT molecular complexity index is 8.00. The molecule has 0 fully saturated rings. The Morgan fingerprint density at radius 2 is 1.00 bits per heavy atom. The molecule has 0 amide bonds. The van der Waals surface area contributed by atoms with Crippen LogP contribution in [0, 0.1) is 0 Å². The van der Waals surface area contributed by atoms with E-state index in [2.05, 4.69) is 0 Å². The molecule has 0 saturated heterocycles. The first-order chi connectivity index (χ1) is 0. The van der Waals surface area contributed by atoms with E-state index in [0.29, 0.717) is 0 Å². The molecule has 0 aliphatic heterocycles. The second-order valence-corrected chi connectivity index (χ2v) is 0. The molecule has 4 heavy (non-hydrogen) atoms. The molecule has 0 bridgehead atoms. The summed E-state index contributed by atoms with van der Waals surface area (Å²) < 4.78 is 0. The molecule has 0 unspecified atom stereocenters. The largest absolute Gasteiger partial charge is 2.00 e. The second-order valence-electron chi connectivity index (χ2n) is 0. The van der Waals surface area contributed by atoms with Crippen LogP contribution in [0.25, 0.3) is 0 Å². The van der Waals surface area contributed by atoms with Gasteiger partial charge in [-0.1, -0.05) is 0 Å². The van der Waals surface area contributed by atoms with Crippen LogP contribution in [0.1, 0.15) is 0 Å². The Kier molecular flexibility index (Phi) is 292. The van der Waals surface area contributed by atoms with Crippen LogP contribution in [0.4, 0.5) is 0 Å². The first-order valence-corrected chi connectivity index (χ1v) is 0. The Morgan fingerprint density at radius 3 is 1.00 bits per heavy atom. The van der Waals surface area contributed by atoms with Crippen LogP contribution >= 0.6 is 0 Å². The number of hydrogen-bond donors (Lipinski definition) is 0. The predicted octanol–water partition coefficient (Wildman–Crippen LogP) is -1.69. The average molecular weight is 304 g/mol. The van der Waals surface area contributed by atoms with Gasteiger partial charge in [0, 0.05) is 8.41 Å². The van der Waals surface area contributed by atoms with Crippen molar-refractivity contribution < 1.29 is 25.0 Å². The third-order valence-electron chi connectivity index (χ3n) is 0. The zero-order valence-electron chi connectivity index (χ0n) is 2.40. The molecule has 0 atom stereocenters. The summed E-state index contributed by atoms with van der Waals surface area (Å²) in [6, 6.07) is 0. The summed E-state index contributed by atoms with van der Waals surface area (Å²) in [6.07, 6.45) is 0. The van der Waals surface area contributed by atoms with Gasteiger partial charge >= 0.3 is 45.7 Å². The minimum atomic E-state index is 0. The van der Waals surface area contributed by atoms with Crippen molar-refractivity contribution in [3.8, 4) is 0 Å². The third kappa shape index (κ3) is 9.65. The van der Waals surface area contributed by atoms with Gasteiger partial charge in [-0.15, -0.1) is 0 Å². The summed E-state index contributed by atoms with van der Waals surface area (Å²) in [5.74, 6) is 0. The third-order valence-corrected chi connectivity index (χ3v) is 0. The van der Waals surface area contributed by atoms with E-state index in [1.54, 1.807) is 0 Å². The molecule has 0 N–H and O–H groups in total. The molecule has 1 nitrogen and oxygen atoms in total. The first kappa shape index (κ1) is 48.4. The zero-order valence-corrected chi connectivity index (χ0v) is 10.9. The van der Waals surface area contributed by atoms with Gasteiger partial charge in [0.05, 0.1) is 0 Å². The number of hydrogen-bond acceptors (Lipinski definition) is 0. The Morgan fingerprint density at radius 1 is 1.00 bits per heavy atom. The second kappa shape index (κ2) is 24.1. The molecule has 0 aromatic heterocycles. The summed E-state index contributed by atoms with van der Waals surface area (Å²) in [7, 11) is 0. The zero-order chi connectivity index (χ0) is 0. The van der Waals surface area contributed by atoms with Gasteiger partial charge in [-0.2, -0.15) is 0 Å². The van der Waals surface area contributed by atoms with Crippen molar-refractivity contribution in [2.45, 2.75) is 0 Å². The fourth-order valence-electron chi connectivity index (χ4n) is 0. The van der Waals surface area contributed by atoms with Gasteiger partial charge in [-0.3, -0.25) is 0 Å². The van der Waals surface area contributed by atoms with Crippen LogP contribution in [0.15, 0.2) is 0 Å². The SMILES string of the molecule is [B].[BiH3].[O-2].[Zn+2]. The van der Waals surface area contributed by atoms with Crippen LogP contribution in [0.2, 0.25) is 0 Å². The standard InChI is InChI=1S/B.Bi.O.Zn.3H/q;;-2;+2;;;. The molecule has 0 heterocycles. The van der Waals surface area contributed by atoms with Gasteiger partial charge in [-0.05, 0) is 0 Å². The summed E-state index contributed by atoms with van der Waals surface area (Å²) >= 11 is 0. The van der Waals surface area contributed by atoms with E-state index in [0.717, 1.165) is 0 Å². The smallest absolute Gasteiger partial charge is 2.00 e. The maximum Gasteiger partial charge on any atom is 2.00 e. The molecule has 0 aliphatic carbocycles. The summed E-state index contributed by atoms with van der Waals surface area (Å²) in [5, 5.41) is 0. The van der Waals surface area contributed by atoms with E-state index in [9.17, 15) is 0 Å². The molecular formula is H3BBiOZn. The van der Waals surface area contributed by atoms with Gasteiger partial charge in [0.1, 0.15) is 0 Å². The summed E-state index contributed by atoms with van der Waals surface area (Å²) in [6.45, 7) is 0. The van der Waals surface area contributed by atoms with Gasteiger partial charge in [0.25, 0.3) is 0 Å². The van der Waals surface area contributed by atoms with E-state index in [1.807, 2.05) is 0 Å². The molecule has 3 radical (unpaired) electrons. The molecule has 19 valence electrons. The molecule has 0 saturated carbocycles. The van der Waals surface area contributed by atoms with Crippen LogP contribution in [0.5, 0.6) is 0 Å². The average Bonchev–Trinajstić information content (AvgIpc) is 0. The van der Waals surface area contributed by atoms with Crippen LogP contribution < -0.4 is 0 Å². The first-order valence-electron chi connectivity index (χ1n) is 0. The molecule has 0 aromatic rings. The van der Waals surface area contributed by atoms with Crippen LogP contribution in [-0.2, 0) is 25.0 Å². The van der Waals surface area contributed by atoms with E-state index in [1.165, 1.54) is 0 Å². The van der Waals surface area contributed by atoms with Crippen molar-refractivity contribution in [2.75, 3.05) is 0 Å². The van der Waals surface area contributed by atoms with Crippen LogP contribution in [-0.4, -0.2) is 34.6 Å². The molecule has 4 heteroatoms. The fraction of sp³-hybridized carbons (Fsp3) is 0. The Balaban J connectivity index is 0. The van der Waals surface area contributed by atoms with E-state index in [4.69, 9.17) is 0 Å². The van der Waals surface area contributed by atoms with Gasteiger partial charge in [0.15, 0.2) is 0 Å². The molecule has 0 spiro atoms. The number of rotatable bonds is 0. The topological polar surface area (TPSA) is 28.5 Å². The van der Waals surface area contributed by atoms with Crippen molar-refractivity contribution in [3.05, 3.63) is 0 Å².